The Labute approximate surface area is 91.1 Å². The minimum atomic E-state index is -1.02. The van der Waals surface area contributed by atoms with E-state index >= 15 is 0 Å². The van der Waals surface area contributed by atoms with E-state index in [0.717, 1.165) is 0 Å². The molecule has 0 heterocycles. The molecule has 0 unspecified atom stereocenters. The van der Waals surface area contributed by atoms with E-state index in [4.69, 9.17) is 15.3 Å². The Morgan fingerprint density at radius 3 is 2.44 bits per heavy atom. The summed E-state index contributed by atoms with van der Waals surface area (Å²) < 4.78 is 9.99. The highest BCUT2D eigenvalue weighted by Crippen LogP contribution is 2.30. The lowest BCUT2D eigenvalue weighted by Gasteiger charge is -2.16. The first kappa shape index (κ1) is 11.9. The summed E-state index contributed by atoms with van der Waals surface area (Å²) in [6, 6.07) is 4.49. The summed E-state index contributed by atoms with van der Waals surface area (Å²) in [5, 5.41) is 9.57. The third-order valence-corrected chi connectivity index (χ3v) is 1.78. The number of ether oxygens (including phenoxy) is 2. The topological polar surface area (TPSA) is 100 Å². The number of nitrogens with two attached hydrogens (primary N) is 1. The lowest BCUT2D eigenvalue weighted by Crippen LogP contribution is -2.33. The van der Waals surface area contributed by atoms with Gasteiger partial charge < -0.3 is 9.47 Å². The van der Waals surface area contributed by atoms with Crippen LogP contribution in [0.25, 0.3) is 0 Å². The summed E-state index contributed by atoms with van der Waals surface area (Å²) in [6.07, 6.45) is 0. The molecule has 0 fully saturated rings. The summed E-state index contributed by atoms with van der Waals surface area (Å²) in [5.74, 6) is 6.16. The van der Waals surface area contributed by atoms with Gasteiger partial charge in [-0.25, -0.2) is 5.84 Å². The highest BCUT2D eigenvalue weighted by Gasteiger charge is 2.10. The molecule has 0 bridgehead atoms. The van der Waals surface area contributed by atoms with Crippen LogP contribution < -0.4 is 20.5 Å². The van der Waals surface area contributed by atoms with E-state index in [1.165, 1.54) is 26.4 Å². The van der Waals surface area contributed by atoms with Crippen LogP contribution in [0.2, 0.25) is 0 Å². The molecule has 8 heteroatoms. The van der Waals surface area contributed by atoms with Crippen molar-refractivity contribution in [3.63, 3.8) is 0 Å². The molecule has 0 amide bonds. The normalized spacial score (nSPS) is 9.44. The number of nitrogens with zero attached hydrogens (tertiary/aromatic N) is 2. The van der Waals surface area contributed by atoms with Gasteiger partial charge in [-0.05, 0) is 12.1 Å². The minimum absolute atomic E-state index is 0.259. The molecule has 0 aliphatic heterocycles. The maximum absolute atomic E-state index is 10.1. The molecular weight excluding hydrogens is 218 g/mol. The van der Waals surface area contributed by atoms with Gasteiger partial charge in [0.15, 0.2) is 11.5 Å². The quantitative estimate of drug-likeness (QED) is 0.446. The Morgan fingerprint density at radius 2 is 1.94 bits per heavy atom. The molecule has 0 radical (unpaired) electrons. The Balaban J connectivity index is 2.93. The van der Waals surface area contributed by atoms with Gasteiger partial charge in [-0.1, -0.05) is 0 Å². The predicted octanol–water partition coefficient (Wildman–Crippen LogP) is 0.507. The molecule has 0 saturated carbocycles. The van der Waals surface area contributed by atoms with Gasteiger partial charge in [0.25, 0.3) is 0 Å². The maximum Gasteiger partial charge on any atom is 0.318 e. The largest absolute Gasteiger partial charge is 0.493 e. The van der Waals surface area contributed by atoms with Gasteiger partial charge >= 0.3 is 5.09 Å². The molecule has 0 aliphatic rings. The highest BCUT2D eigenvalue weighted by atomic mass is 17.0. The van der Waals surface area contributed by atoms with Gasteiger partial charge in [-0.3, -0.25) is 0 Å². The third-order valence-electron chi connectivity index (χ3n) is 1.78. The van der Waals surface area contributed by atoms with Crippen molar-refractivity contribution in [2.24, 2.45) is 5.84 Å². The van der Waals surface area contributed by atoms with Crippen molar-refractivity contribution in [3.8, 4) is 11.5 Å². The minimum Gasteiger partial charge on any atom is -0.493 e. The molecule has 88 valence electrons. The van der Waals surface area contributed by atoms with Crippen molar-refractivity contribution in [2.75, 3.05) is 19.4 Å². The molecule has 16 heavy (non-hydrogen) atoms. The SMILES string of the molecule is COc1ccc(N(N)O[N+](=O)[O-])cc1OC. The highest BCUT2D eigenvalue weighted by molar-refractivity contribution is 5.54. The average molecular weight is 229 g/mol. The molecule has 0 aromatic heterocycles. The summed E-state index contributed by atoms with van der Waals surface area (Å²) >= 11 is 0. The van der Waals surface area contributed by atoms with Gasteiger partial charge in [-0.15, -0.1) is 15.3 Å². The first-order chi connectivity index (χ1) is 7.58. The molecule has 0 spiro atoms. The Kier molecular flexibility index (Phi) is 3.72. The van der Waals surface area contributed by atoms with Gasteiger partial charge in [-0.2, -0.15) is 4.94 Å². The fourth-order valence-electron chi connectivity index (χ4n) is 1.08. The van der Waals surface area contributed by atoms with E-state index in [1.54, 1.807) is 6.07 Å². The third kappa shape index (κ3) is 2.64. The molecule has 1 aromatic carbocycles. The first-order valence-electron chi connectivity index (χ1n) is 4.17. The van der Waals surface area contributed by atoms with E-state index in [2.05, 4.69) is 4.94 Å². The van der Waals surface area contributed by atoms with Crippen molar-refractivity contribution in [1.29, 1.82) is 0 Å². The number of hydrogen-bond acceptors (Lipinski definition) is 7. The Morgan fingerprint density at radius 1 is 1.31 bits per heavy atom. The van der Waals surface area contributed by atoms with Crippen LogP contribution in [0.3, 0.4) is 0 Å². The molecule has 8 nitrogen and oxygen atoms in total. The smallest absolute Gasteiger partial charge is 0.318 e. The molecular formula is C8H11N3O5. The van der Waals surface area contributed by atoms with Gasteiger partial charge in [0, 0.05) is 6.07 Å². The Bertz CT molecular complexity index is 384. The maximum atomic E-state index is 10.1. The number of hydrazine groups is 1. The monoisotopic (exact) mass is 229 g/mol. The van der Waals surface area contributed by atoms with Crippen molar-refractivity contribution < 1.29 is 19.5 Å². The number of hydrogen-bond donors (Lipinski definition) is 1. The summed E-state index contributed by atoms with van der Waals surface area (Å²) in [5.41, 5.74) is 0.259. The summed E-state index contributed by atoms with van der Waals surface area (Å²) in [4.78, 5) is 14.1. The van der Waals surface area contributed by atoms with Crippen LogP contribution >= 0.6 is 0 Å². The first-order valence-corrected chi connectivity index (χ1v) is 4.17. The van der Waals surface area contributed by atoms with Crippen LogP contribution in [0.5, 0.6) is 11.5 Å². The van der Waals surface area contributed by atoms with Crippen molar-refractivity contribution >= 4 is 5.69 Å². The van der Waals surface area contributed by atoms with E-state index in [-0.39, 0.29) is 5.69 Å². The van der Waals surface area contributed by atoms with Gasteiger partial charge in [0.1, 0.15) is 0 Å². The molecule has 1 aromatic rings. The van der Waals surface area contributed by atoms with Crippen LogP contribution in [-0.2, 0) is 4.94 Å². The van der Waals surface area contributed by atoms with Crippen LogP contribution in [-0.4, -0.2) is 19.3 Å². The predicted molar refractivity (Wildman–Crippen MR) is 54.3 cm³/mol. The zero-order valence-electron chi connectivity index (χ0n) is 8.75. The Hall–Kier alpha value is -2.22. The fraction of sp³-hybridized carbons (Fsp3) is 0.250. The second kappa shape index (κ2) is 5.03. The van der Waals surface area contributed by atoms with Crippen LogP contribution in [0.4, 0.5) is 5.69 Å². The van der Waals surface area contributed by atoms with Gasteiger partial charge in [0.2, 0.25) is 0 Å². The summed E-state index contributed by atoms with van der Waals surface area (Å²) in [6.45, 7) is 0. The van der Waals surface area contributed by atoms with Crippen LogP contribution in [0.1, 0.15) is 0 Å². The average Bonchev–Trinajstić information content (AvgIpc) is 2.27. The van der Waals surface area contributed by atoms with Crippen LogP contribution in [0.15, 0.2) is 18.2 Å². The lowest BCUT2D eigenvalue weighted by atomic mass is 10.3. The molecule has 0 atom stereocenters. The number of methoxy groups -OCH3 is 2. The van der Waals surface area contributed by atoms with Crippen molar-refractivity contribution in [3.05, 3.63) is 28.3 Å². The van der Waals surface area contributed by atoms with Crippen molar-refractivity contribution in [2.45, 2.75) is 0 Å². The second-order valence-corrected chi connectivity index (χ2v) is 2.67. The van der Waals surface area contributed by atoms with Crippen LogP contribution in [0, 0.1) is 10.1 Å². The number of rotatable bonds is 5. The van der Waals surface area contributed by atoms with E-state index in [0.29, 0.717) is 16.7 Å². The molecule has 0 saturated heterocycles. The molecule has 1 rings (SSSR count). The second-order valence-electron chi connectivity index (χ2n) is 2.67. The van der Waals surface area contributed by atoms with E-state index < -0.39 is 5.09 Å². The standard InChI is InChI=1S/C8H11N3O5/c1-14-7-4-3-6(5-8(7)15-2)10(9)16-11(12)13/h3-5H,9H2,1-2H3. The lowest BCUT2D eigenvalue weighted by molar-refractivity contribution is -0.762. The molecule has 2 N–H and O–H groups in total. The van der Waals surface area contributed by atoms with Gasteiger partial charge in [0.05, 0.1) is 19.9 Å². The van der Waals surface area contributed by atoms with E-state index in [9.17, 15) is 10.1 Å². The van der Waals surface area contributed by atoms with Crippen molar-refractivity contribution in [1.82, 2.24) is 0 Å². The number of anilines is 1. The summed E-state index contributed by atoms with van der Waals surface area (Å²) in [7, 11) is 2.92. The zero-order chi connectivity index (χ0) is 12.1. The fourth-order valence-corrected chi connectivity index (χ4v) is 1.08. The molecule has 0 aliphatic carbocycles. The number of benzene rings is 1. The zero-order valence-corrected chi connectivity index (χ0v) is 8.75. The van der Waals surface area contributed by atoms with E-state index in [1.807, 2.05) is 0 Å².